The molecule has 2 amide bonds. The normalized spacial score (nSPS) is 10.3. The molecule has 0 saturated carbocycles. The summed E-state index contributed by atoms with van der Waals surface area (Å²) in [5, 5.41) is 14.0. The second-order valence-electron chi connectivity index (χ2n) is 4.22. The third-order valence-corrected chi connectivity index (χ3v) is 2.85. The number of hydrogen-bond donors (Lipinski definition) is 3. The van der Waals surface area contributed by atoms with Gasteiger partial charge in [0.15, 0.2) is 0 Å². The first-order valence-corrected chi connectivity index (χ1v) is 6.66. The van der Waals surface area contributed by atoms with Crippen LogP contribution in [0.25, 0.3) is 0 Å². The maximum absolute atomic E-state index is 11.4. The van der Waals surface area contributed by atoms with Gasteiger partial charge in [-0.25, -0.2) is 9.59 Å². The smallest absolute Gasteiger partial charge is 0.330 e. The third kappa shape index (κ3) is 9.07. The van der Waals surface area contributed by atoms with Crippen LogP contribution in [0.2, 0.25) is 0 Å². The topological polar surface area (TPSA) is 81.7 Å². The number of amides is 2. The summed E-state index contributed by atoms with van der Waals surface area (Å²) in [4.78, 5) is 24.1. The van der Waals surface area contributed by atoms with E-state index in [4.69, 9.17) is 5.11 Å². The molecule has 6 nitrogen and oxygen atoms in total. The van der Waals surface area contributed by atoms with Gasteiger partial charge in [0, 0.05) is 25.2 Å². The van der Waals surface area contributed by atoms with E-state index in [1.807, 2.05) is 0 Å². The zero-order valence-electron chi connectivity index (χ0n) is 11.9. The highest BCUT2D eigenvalue weighted by Crippen LogP contribution is 2.00. The Morgan fingerprint density at radius 1 is 1.16 bits per heavy atom. The van der Waals surface area contributed by atoms with Gasteiger partial charge in [0.1, 0.15) is 0 Å². The van der Waals surface area contributed by atoms with Crippen molar-refractivity contribution in [2.24, 2.45) is 0 Å². The SMILES string of the molecule is C=C(CCCNC(=O)NCCN(CC)CC)C(=O)O. The quantitative estimate of drug-likeness (QED) is 0.410. The Morgan fingerprint density at radius 2 is 1.74 bits per heavy atom. The Morgan fingerprint density at radius 3 is 2.26 bits per heavy atom. The van der Waals surface area contributed by atoms with Crippen molar-refractivity contribution in [2.45, 2.75) is 26.7 Å². The predicted octanol–water partition coefficient (Wildman–Crippen LogP) is 1.05. The number of likely N-dealkylation sites (N-methyl/N-ethyl adjacent to an activating group) is 1. The Bertz CT molecular complexity index is 302. The van der Waals surface area contributed by atoms with Gasteiger partial charge in [-0.15, -0.1) is 0 Å². The lowest BCUT2D eigenvalue weighted by Crippen LogP contribution is -2.40. The van der Waals surface area contributed by atoms with E-state index in [9.17, 15) is 9.59 Å². The van der Waals surface area contributed by atoms with Gasteiger partial charge in [0.25, 0.3) is 0 Å². The number of rotatable bonds is 10. The molecule has 0 aromatic carbocycles. The van der Waals surface area contributed by atoms with Crippen molar-refractivity contribution in [3.63, 3.8) is 0 Å². The average molecular weight is 271 g/mol. The van der Waals surface area contributed by atoms with E-state index in [1.165, 1.54) is 0 Å². The zero-order chi connectivity index (χ0) is 14.7. The van der Waals surface area contributed by atoms with E-state index in [1.54, 1.807) is 0 Å². The fourth-order valence-electron chi connectivity index (χ4n) is 1.54. The van der Waals surface area contributed by atoms with Crippen LogP contribution in [-0.2, 0) is 4.79 Å². The Hall–Kier alpha value is -1.56. The summed E-state index contributed by atoms with van der Waals surface area (Å²) in [5.74, 6) is -0.983. The highest BCUT2D eigenvalue weighted by molar-refractivity contribution is 5.85. The number of aliphatic carboxylic acids is 1. The number of hydrogen-bond acceptors (Lipinski definition) is 3. The molecule has 6 heteroatoms. The number of carboxylic acids is 1. The minimum absolute atomic E-state index is 0.170. The van der Waals surface area contributed by atoms with Crippen LogP contribution in [0.15, 0.2) is 12.2 Å². The molecular formula is C13H25N3O3. The second kappa shape index (κ2) is 10.4. The molecule has 0 aliphatic carbocycles. The first-order valence-electron chi connectivity index (χ1n) is 6.66. The van der Waals surface area contributed by atoms with Gasteiger partial charge < -0.3 is 20.6 Å². The summed E-state index contributed by atoms with van der Waals surface area (Å²) in [6.07, 6.45) is 0.962. The second-order valence-corrected chi connectivity index (χ2v) is 4.22. The first kappa shape index (κ1) is 17.4. The van der Waals surface area contributed by atoms with Crippen molar-refractivity contribution in [3.8, 4) is 0 Å². The number of nitrogens with zero attached hydrogens (tertiary/aromatic N) is 1. The first-order chi connectivity index (χ1) is 9.01. The van der Waals surface area contributed by atoms with E-state index < -0.39 is 5.97 Å². The van der Waals surface area contributed by atoms with Crippen LogP contribution in [0, 0.1) is 0 Å². The summed E-state index contributed by atoms with van der Waals surface area (Å²) in [6.45, 7) is 11.4. The van der Waals surface area contributed by atoms with Crippen molar-refractivity contribution in [3.05, 3.63) is 12.2 Å². The van der Waals surface area contributed by atoms with Crippen LogP contribution < -0.4 is 10.6 Å². The van der Waals surface area contributed by atoms with Crippen LogP contribution in [-0.4, -0.2) is 54.7 Å². The molecule has 0 aliphatic heterocycles. The highest BCUT2D eigenvalue weighted by Gasteiger charge is 2.04. The lowest BCUT2D eigenvalue weighted by atomic mass is 10.2. The van der Waals surface area contributed by atoms with Gasteiger partial charge >= 0.3 is 12.0 Å². The molecule has 0 aromatic heterocycles. The molecule has 0 rings (SSSR count). The Kier molecular flexibility index (Phi) is 9.52. The minimum Gasteiger partial charge on any atom is -0.478 e. The molecule has 0 fully saturated rings. The van der Waals surface area contributed by atoms with Gasteiger partial charge in [0.2, 0.25) is 0 Å². The molecular weight excluding hydrogens is 246 g/mol. The number of carboxylic acid groups (broad SMARTS) is 1. The van der Waals surface area contributed by atoms with Crippen molar-refractivity contribution in [1.29, 1.82) is 0 Å². The molecule has 0 atom stereocenters. The minimum atomic E-state index is -0.983. The highest BCUT2D eigenvalue weighted by atomic mass is 16.4. The summed E-state index contributed by atoms with van der Waals surface area (Å²) < 4.78 is 0. The summed E-state index contributed by atoms with van der Waals surface area (Å²) >= 11 is 0. The maximum atomic E-state index is 11.4. The molecule has 19 heavy (non-hydrogen) atoms. The van der Waals surface area contributed by atoms with Crippen molar-refractivity contribution in [1.82, 2.24) is 15.5 Å². The molecule has 0 bridgehead atoms. The molecule has 0 aromatic rings. The van der Waals surface area contributed by atoms with Crippen LogP contribution in [0.1, 0.15) is 26.7 Å². The van der Waals surface area contributed by atoms with Crippen LogP contribution in [0.4, 0.5) is 4.79 Å². The third-order valence-electron chi connectivity index (χ3n) is 2.85. The molecule has 0 spiro atoms. The number of urea groups is 1. The van der Waals surface area contributed by atoms with E-state index in [0.29, 0.717) is 25.9 Å². The summed E-state index contributed by atoms with van der Waals surface area (Å²) in [6, 6.07) is -0.215. The van der Waals surface area contributed by atoms with Crippen LogP contribution in [0.3, 0.4) is 0 Å². The van der Waals surface area contributed by atoms with E-state index in [2.05, 4.69) is 36.0 Å². The summed E-state index contributed by atoms with van der Waals surface area (Å²) in [7, 11) is 0. The molecule has 0 saturated heterocycles. The van der Waals surface area contributed by atoms with Crippen molar-refractivity contribution < 1.29 is 14.7 Å². The fourth-order valence-corrected chi connectivity index (χ4v) is 1.54. The largest absolute Gasteiger partial charge is 0.478 e. The number of carbonyl (C=O) groups excluding carboxylic acids is 1. The Labute approximate surface area is 114 Å². The van der Waals surface area contributed by atoms with Crippen molar-refractivity contribution >= 4 is 12.0 Å². The summed E-state index contributed by atoms with van der Waals surface area (Å²) in [5.41, 5.74) is 0.170. The molecule has 0 unspecified atom stereocenters. The lowest BCUT2D eigenvalue weighted by molar-refractivity contribution is -0.132. The molecule has 0 aliphatic rings. The van der Waals surface area contributed by atoms with Crippen LogP contribution in [0.5, 0.6) is 0 Å². The standard InChI is InChI=1S/C13H25N3O3/c1-4-16(5-2)10-9-15-13(19)14-8-6-7-11(3)12(17)18/h3-10H2,1-2H3,(H,17,18)(H2,14,15,19). The van der Waals surface area contributed by atoms with Gasteiger partial charge in [0.05, 0.1) is 0 Å². The lowest BCUT2D eigenvalue weighted by Gasteiger charge is -2.18. The fraction of sp³-hybridized carbons (Fsp3) is 0.692. The Balaban J connectivity index is 3.55. The van der Waals surface area contributed by atoms with Gasteiger partial charge in [-0.3, -0.25) is 0 Å². The van der Waals surface area contributed by atoms with Gasteiger partial charge in [-0.05, 0) is 25.9 Å². The van der Waals surface area contributed by atoms with Gasteiger partial charge in [-0.2, -0.15) is 0 Å². The van der Waals surface area contributed by atoms with E-state index >= 15 is 0 Å². The number of nitrogens with one attached hydrogen (secondary N) is 2. The predicted molar refractivity (Wildman–Crippen MR) is 75.2 cm³/mol. The van der Waals surface area contributed by atoms with Gasteiger partial charge in [-0.1, -0.05) is 20.4 Å². The van der Waals surface area contributed by atoms with E-state index in [0.717, 1.165) is 19.6 Å². The molecule has 0 radical (unpaired) electrons. The number of carbonyl (C=O) groups is 2. The molecule has 3 N–H and O–H groups in total. The average Bonchev–Trinajstić information content (AvgIpc) is 2.39. The van der Waals surface area contributed by atoms with E-state index in [-0.39, 0.29) is 11.6 Å². The zero-order valence-corrected chi connectivity index (χ0v) is 11.9. The maximum Gasteiger partial charge on any atom is 0.330 e. The van der Waals surface area contributed by atoms with Crippen molar-refractivity contribution in [2.75, 3.05) is 32.7 Å². The van der Waals surface area contributed by atoms with Crippen LogP contribution >= 0.6 is 0 Å². The monoisotopic (exact) mass is 271 g/mol. The molecule has 110 valence electrons. The molecule has 0 heterocycles.